The van der Waals surface area contributed by atoms with Gasteiger partial charge in [-0.2, -0.15) is 5.10 Å². The van der Waals surface area contributed by atoms with E-state index in [0.29, 0.717) is 5.57 Å². The molecule has 0 bridgehead atoms. The van der Waals surface area contributed by atoms with Crippen LogP contribution < -0.4 is 4.90 Å². The molecule has 112 valence electrons. The van der Waals surface area contributed by atoms with Gasteiger partial charge in [0.25, 0.3) is 5.91 Å². The number of hydrogen-bond donors (Lipinski definition) is 0. The second-order valence-electron chi connectivity index (χ2n) is 5.49. The van der Waals surface area contributed by atoms with Crippen LogP contribution in [0.25, 0.3) is 17.3 Å². The zero-order chi connectivity index (χ0) is 15.8. The molecular formula is C19H15N3O. The number of para-hydroxylation sites is 2. The van der Waals surface area contributed by atoms with Crippen molar-refractivity contribution in [1.82, 2.24) is 9.78 Å². The Balaban J connectivity index is 1.74. The van der Waals surface area contributed by atoms with Crippen LogP contribution in [-0.2, 0) is 4.79 Å². The first-order chi connectivity index (χ1) is 11.2. The first-order valence-electron chi connectivity index (χ1n) is 7.43. The van der Waals surface area contributed by atoms with Crippen LogP contribution in [0.4, 0.5) is 5.69 Å². The van der Waals surface area contributed by atoms with E-state index in [1.807, 2.05) is 66.9 Å². The summed E-state index contributed by atoms with van der Waals surface area (Å²) in [4.78, 5) is 14.2. The van der Waals surface area contributed by atoms with Crippen molar-refractivity contribution in [3.8, 4) is 5.69 Å². The number of hydrogen-bond acceptors (Lipinski definition) is 2. The Morgan fingerprint density at radius 1 is 1.00 bits per heavy atom. The summed E-state index contributed by atoms with van der Waals surface area (Å²) in [5.41, 5.74) is 4.51. The van der Waals surface area contributed by atoms with Crippen LogP contribution in [0.5, 0.6) is 0 Å². The first-order valence-corrected chi connectivity index (χ1v) is 7.43. The average molecular weight is 301 g/mol. The predicted octanol–water partition coefficient (Wildman–Crippen LogP) is 3.39. The van der Waals surface area contributed by atoms with E-state index in [2.05, 4.69) is 5.10 Å². The highest BCUT2D eigenvalue weighted by Crippen LogP contribution is 2.36. The molecular weight excluding hydrogens is 286 g/mol. The van der Waals surface area contributed by atoms with E-state index >= 15 is 0 Å². The highest BCUT2D eigenvalue weighted by molar-refractivity contribution is 6.35. The number of rotatable bonds is 2. The summed E-state index contributed by atoms with van der Waals surface area (Å²) in [7, 11) is 1.80. The number of anilines is 1. The Bertz CT molecular complexity index is 909. The van der Waals surface area contributed by atoms with Gasteiger partial charge >= 0.3 is 0 Å². The van der Waals surface area contributed by atoms with Gasteiger partial charge in [0, 0.05) is 29.9 Å². The Morgan fingerprint density at radius 3 is 2.57 bits per heavy atom. The van der Waals surface area contributed by atoms with Crippen molar-refractivity contribution in [1.29, 1.82) is 0 Å². The molecule has 0 radical (unpaired) electrons. The molecule has 4 nitrogen and oxygen atoms in total. The van der Waals surface area contributed by atoms with E-state index in [1.54, 1.807) is 22.8 Å². The van der Waals surface area contributed by atoms with Crippen LogP contribution in [0.1, 0.15) is 11.1 Å². The Labute approximate surface area is 134 Å². The number of amides is 1. The molecule has 0 unspecified atom stereocenters. The van der Waals surface area contributed by atoms with E-state index in [0.717, 1.165) is 22.5 Å². The van der Waals surface area contributed by atoms with Crippen molar-refractivity contribution in [2.75, 3.05) is 11.9 Å². The monoisotopic (exact) mass is 301 g/mol. The Kier molecular flexibility index (Phi) is 3.08. The lowest BCUT2D eigenvalue weighted by atomic mass is 10.1. The van der Waals surface area contributed by atoms with Crippen molar-refractivity contribution >= 4 is 23.2 Å². The second-order valence-corrected chi connectivity index (χ2v) is 5.49. The molecule has 0 aliphatic carbocycles. The minimum atomic E-state index is 0.0126. The summed E-state index contributed by atoms with van der Waals surface area (Å²) in [5.74, 6) is 0.0126. The third-order valence-corrected chi connectivity index (χ3v) is 4.02. The molecule has 0 N–H and O–H groups in total. The van der Waals surface area contributed by atoms with Gasteiger partial charge in [0.05, 0.1) is 17.6 Å². The van der Waals surface area contributed by atoms with Gasteiger partial charge in [-0.05, 0) is 24.3 Å². The molecule has 4 rings (SSSR count). The van der Waals surface area contributed by atoms with E-state index in [9.17, 15) is 4.79 Å². The van der Waals surface area contributed by atoms with Crippen LogP contribution in [0.3, 0.4) is 0 Å². The zero-order valence-corrected chi connectivity index (χ0v) is 12.7. The maximum Gasteiger partial charge on any atom is 0.258 e. The van der Waals surface area contributed by atoms with Crippen LogP contribution in [-0.4, -0.2) is 22.7 Å². The molecule has 0 spiro atoms. The second kappa shape index (κ2) is 5.25. The fourth-order valence-corrected chi connectivity index (χ4v) is 2.84. The molecule has 1 aromatic heterocycles. The van der Waals surface area contributed by atoms with Crippen molar-refractivity contribution < 1.29 is 4.79 Å². The van der Waals surface area contributed by atoms with Gasteiger partial charge in [0.2, 0.25) is 0 Å². The number of fused-ring (bicyclic) bond motifs is 1. The highest BCUT2D eigenvalue weighted by atomic mass is 16.2. The van der Waals surface area contributed by atoms with Gasteiger partial charge in [-0.3, -0.25) is 4.79 Å². The van der Waals surface area contributed by atoms with E-state index in [-0.39, 0.29) is 5.91 Å². The Morgan fingerprint density at radius 2 is 1.74 bits per heavy atom. The molecule has 0 saturated heterocycles. The molecule has 0 atom stereocenters. The summed E-state index contributed by atoms with van der Waals surface area (Å²) in [6.45, 7) is 0. The molecule has 3 aromatic rings. The topological polar surface area (TPSA) is 38.1 Å². The van der Waals surface area contributed by atoms with Gasteiger partial charge in [-0.25, -0.2) is 4.68 Å². The van der Waals surface area contributed by atoms with Crippen molar-refractivity contribution in [3.05, 3.63) is 78.1 Å². The van der Waals surface area contributed by atoms with E-state index in [1.165, 1.54) is 0 Å². The SMILES string of the molecule is CN1C(=O)/C(=C\c2cnn(-c3ccccc3)c2)c2ccccc21. The Hall–Kier alpha value is -3.14. The van der Waals surface area contributed by atoms with Gasteiger partial charge < -0.3 is 4.90 Å². The van der Waals surface area contributed by atoms with Crippen molar-refractivity contribution in [2.45, 2.75) is 0 Å². The molecule has 0 fully saturated rings. The quantitative estimate of drug-likeness (QED) is 0.681. The summed E-state index contributed by atoms with van der Waals surface area (Å²) in [6, 6.07) is 17.7. The molecule has 2 heterocycles. The lowest BCUT2D eigenvalue weighted by molar-refractivity contribution is -0.112. The largest absolute Gasteiger partial charge is 0.311 e. The number of carbonyl (C=O) groups excluding carboxylic acids is 1. The summed E-state index contributed by atoms with van der Waals surface area (Å²) in [5, 5.41) is 4.38. The smallest absolute Gasteiger partial charge is 0.258 e. The zero-order valence-electron chi connectivity index (χ0n) is 12.7. The maximum atomic E-state index is 12.5. The maximum absolute atomic E-state index is 12.5. The third-order valence-electron chi connectivity index (χ3n) is 4.02. The molecule has 0 saturated carbocycles. The van der Waals surface area contributed by atoms with Crippen molar-refractivity contribution in [3.63, 3.8) is 0 Å². The minimum absolute atomic E-state index is 0.0126. The van der Waals surface area contributed by atoms with Crippen LogP contribution in [0, 0.1) is 0 Å². The van der Waals surface area contributed by atoms with E-state index in [4.69, 9.17) is 0 Å². The number of nitrogens with zero attached hydrogens (tertiary/aromatic N) is 3. The molecule has 1 aliphatic rings. The van der Waals surface area contributed by atoms with E-state index < -0.39 is 0 Å². The summed E-state index contributed by atoms with van der Waals surface area (Å²) >= 11 is 0. The normalized spacial score (nSPS) is 15.3. The average Bonchev–Trinajstić information content (AvgIpc) is 3.16. The fraction of sp³-hybridized carbons (Fsp3) is 0.0526. The van der Waals surface area contributed by atoms with Crippen LogP contribution >= 0.6 is 0 Å². The number of aromatic nitrogens is 2. The fourth-order valence-electron chi connectivity index (χ4n) is 2.84. The van der Waals surface area contributed by atoms with Gasteiger partial charge in [0.15, 0.2) is 0 Å². The number of carbonyl (C=O) groups is 1. The number of benzene rings is 2. The molecule has 23 heavy (non-hydrogen) atoms. The van der Waals surface area contributed by atoms with Gasteiger partial charge in [-0.15, -0.1) is 0 Å². The van der Waals surface area contributed by atoms with Crippen molar-refractivity contribution in [2.24, 2.45) is 0 Å². The summed E-state index contributed by atoms with van der Waals surface area (Å²) < 4.78 is 1.81. The first kappa shape index (κ1) is 13.5. The minimum Gasteiger partial charge on any atom is -0.311 e. The van der Waals surface area contributed by atoms with Gasteiger partial charge in [-0.1, -0.05) is 36.4 Å². The lowest BCUT2D eigenvalue weighted by Gasteiger charge is -2.07. The van der Waals surface area contributed by atoms with Gasteiger partial charge in [0.1, 0.15) is 0 Å². The predicted molar refractivity (Wildman–Crippen MR) is 91.3 cm³/mol. The standard InChI is InChI=1S/C19H15N3O/c1-21-18-10-6-5-9-16(18)17(19(21)23)11-14-12-20-22(13-14)15-7-3-2-4-8-15/h2-13H,1H3/b17-11-. The lowest BCUT2D eigenvalue weighted by Crippen LogP contribution is -2.20. The third kappa shape index (κ3) is 2.25. The highest BCUT2D eigenvalue weighted by Gasteiger charge is 2.29. The molecule has 1 aliphatic heterocycles. The molecule has 2 aromatic carbocycles. The summed E-state index contributed by atoms with van der Waals surface area (Å²) in [6.07, 6.45) is 5.60. The number of likely N-dealkylation sites (N-methyl/N-ethyl adjacent to an activating group) is 1. The van der Waals surface area contributed by atoms with Crippen LogP contribution in [0.2, 0.25) is 0 Å². The van der Waals surface area contributed by atoms with Crippen LogP contribution in [0.15, 0.2) is 67.0 Å². The molecule has 1 amide bonds. The molecule has 4 heteroatoms.